The van der Waals surface area contributed by atoms with Gasteiger partial charge in [-0.2, -0.15) is 0 Å². The first-order chi connectivity index (χ1) is 54.0. The molecule has 620 valence electrons. The molecule has 4 amide bonds. The number of aromatic nitrogens is 4. The van der Waals surface area contributed by atoms with Crippen LogP contribution in [0.25, 0.3) is 22.1 Å². The molecule has 6 saturated carbocycles. The summed E-state index contributed by atoms with van der Waals surface area (Å²) in [7, 11) is -4.54. The number of carbonyl (C=O) groups is 8. The second-order valence-electron chi connectivity index (χ2n) is 36.4. The number of methoxy groups -OCH3 is 2. The van der Waals surface area contributed by atoms with Crippen molar-refractivity contribution in [1.29, 1.82) is 0 Å². The maximum atomic E-state index is 15.1. The van der Waals surface area contributed by atoms with Gasteiger partial charge in [0.15, 0.2) is 11.6 Å². The van der Waals surface area contributed by atoms with E-state index < -0.39 is 112 Å². The molecule has 0 bridgehead atoms. The predicted molar refractivity (Wildman–Crippen MR) is 425 cm³/mol. The number of hydrogen-bond donors (Lipinski definition) is 2. The Labute approximate surface area is 670 Å². The van der Waals surface area contributed by atoms with Crippen LogP contribution in [0.15, 0.2) is 60.7 Å². The summed E-state index contributed by atoms with van der Waals surface area (Å²) >= 11 is 0. The lowest BCUT2D eigenvalue weighted by Crippen LogP contribution is -2.48. The number of rotatable bonds is 20. The number of ether oxygens (including phenoxy) is 6. The van der Waals surface area contributed by atoms with Crippen molar-refractivity contribution in [3.63, 3.8) is 0 Å². The van der Waals surface area contributed by atoms with Gasteiger partial charge in [0.2, 0.25) is 55.4 Å². The molecule has 2 aromatic carbocycles. The third kappa shape index (κ3) is 19.8. The minimum Gasteiger partial charge on any atom is -0.497 e. The summed E-state index contributed by atoms with van der Waals surface area (Å²) in [5.41, 5.74) is 0.0538. The lowest BCUT2D eigenvalue weighted by atomic mass is 9.79. The number of sulfonamides is 2. The highest BCUT2D eigenvalue weighted by Crippen LogP contribution is 2.59. The largest absolute Gasteiger partial charge is 0.497 e. The first-order valence-electron chi connectivity index (χ1n) is 41.6. The summed E-state index contributed by atoms with van der Waals surface area (Å²) < 4.78 is 92.2. The van der Waals surface area contributed by atoms with Crippen molar-refractivity contribution in [3.05, 3.63) is 72.1 Å². The van der Waals surface area contributed by atoms with Gasteiger partial charge < -0.3 is 38.2 Å². The van der Waals surface area contributed by atoms with Crippen molar-refractivity contribution in [3.8, 4) is 23.3 Å². The maximum absolute atomic E-state index is 15.1. The number of hydrogen-bond acceptors (Lipinski definition) is 22. The smallest absolute Gasteiger partial charge is 0.307 e. The van der Waals surface area contributed by atoms with Crippen molar-refractivity contribution in [2.24, 2.45) is 58.2 Å². The summed E-state index contributed by atoms with van der Waals surface area (Å²) in [6.07, 6.45) is 18.5. The molecule has 0 spiro atoms. The Morgan fingerprint density at radius 1 is 0.518 bits per heavy atom. The molecular formula is C86H116N8O18S2. The van der Waals surface area contributed by atoms with E-state index in [1.54, 1.807) is 77.7 Å². The Bertz CT molecular complexity index is 4660. The molecule has 2 aromatic heterocycles. The van der Waals surface area contributed by atoms with E-state index in [1.807, 2.05) is 62.4 Å². The van der Waals surface area contributed by atoms with E-state index in [9.17, 15) is 45.6 Å². The molecule has 6 heterocycles. The van der Waals surface area contributed by atoms with E-state index >= 15 is 9.59 Å². The minimum atomic E-state index is -3.86. The van der Waals surface area contributed by atoms with Gasteiger partial charge in [0.25, 0.3) is 0 Å². The van der Waals surface area contributed by atoms with Crippen LogP contribution < -0.4 is 28.4 Å². The number of ketones is 2. The lowest BCUT2D eigenvalue weighted by Gasteiger charge is -2.33. The zero-order valence-corrected chi connectivity index (χ0v) is 69.9. The fourth-order valence-corrected chi connectivity index (χ4v) is 20.4. The number of nitrogens with one attached hydrogen (secondary N) is 2. The predicted octanol–water partition coefficient (Wildman–Crippen LogP) is 12.4. The molecule has 0 radical (unpaired) electrons. The Morgan fingerprint density at radius 3 is 1.26 bits per heavy atom. The third-order valence-electron chi connectivity index (χ3n) is 24.8. The standard InChI is InChI=1S/2C43H58N4O9S/c1-7-26-18-25(2)10-8-9-11-28-22-43(28,41(51)46-57(52,53)31-15-16-31)23-36(48)35-20-30(24-47(35)40(50)32(26)21-37(49)56-42(3,4)5)55-39-38(27-12-13-27)44-34-19-29(54-6)14-17-33(34)45-39;1-7-26-18-25(2)10-8-9-11-28-22-43(28,41(51)46-57(52,53)31-15-16-31)23-36(48)35-20-30(24-47(35)40(50)32(26)21-37(49)56-42(3,4)5)55-39-38(27-12-13-27)44-33-17-14-29(54-6)19-34(33)45-39/h2*9,11,14,17,19,25-28,30-32,35H,7-8,10,12-13,15-16,18,20-24H2,1-6H3,(H,46,51)/b2*11-9-/t2*25-,26-,28-,30-,32+,35+,43-/m11/s1. The van der Waals surface area contributed by atoms with Gasteiger partial charge >= 0.3 is 11.9 Å². The summed E-state index contributed by atoms with van der Waals surface area (Å²) in [6, 6.07) is 8.99. The zero-order chi connectivity index (χ0) is 81.7. The number of nitrogens with zero attached hydrogens (tertiary/aromatic N) is 6. The molecule has 4 aliphatic heterocycles. The average molecular weight is 1610 g/mol. The van der Waals surface area contributed by atoms with Crippen LogP contribution in [-0.2, 0) is 67.9 Å². The Kier molecular flexibility index (Phi) is 24.6. The van der Waals surface area contributed by atoms with Crippen LogP contribution in [0.5, 0.6) is 23.3 Å². The Hall–Kier alpha value is -8.14. The molecule has 4 aromatic rings. The summed E-state index contributed by atoms with van der Waals surface area (Å²) in [6.45, 7) is 19.2. The molecule has 8 fully saturated rings. The Morgan fingerprint density at radius 2 is 0.895 bits per heavy atom. The fourth-order valence-electron chi connectivity index (χ4n) is 17.7. The molecule has 28 heteroatoms. The van der Waals surface area contributed by atoms with Gasteiger partial charge in [-0.3, -0.25) is 47.8 Å². The van der Waals surface area contributed by atoms with Crippen molar-refractivity contribution in [2.45, 2.75) is 281 Å². The van der Waals surface area contributed by atoms with E-state index in [1.165, 1.54) is 0 Å². The number of Topliss-reactive ketones (excluding diaryl/α,β-unsaturated/α-hetero) is 2. The fraction of sp³-hybridized carbons (Fsp3) is 0.674. The molecule has 10 aliphatic rings. The molecule has 14 atom stereocenters. The molecule has 2 saturated heterocycles. The summed E-state index contributed by atoms with van der Waals surface area (Å²) in [4.78, 5) is 137. The van der Waals surface area contributed by atoms with Gasteiger partial charge in [0.1, 0.15) is 46.3 Å². The summed E-state index contributed by atoms with van der Waals surface area (Å²) in [5, 5.41) is -1.20. The van der Waals surface area contributed by atoms with Crippen LogP contribution in [0.2, 0.25) is 0 Å². The van der Waals surface area contributed by atoms with Crippen molar-refractivity contribution < 1.29 is 83.6 Å². The molecule has 114 heavy (non-hydrogen) atoms. The van der Waals surface area contributed by atoms with Crippen molar-refractivity contribution in [2.75, 3.05) is 27.3 Å². The zero-order valence-electron chi connectivity index (χ0n) is 68.2. The first kappa shape index (κ1) is 83.8. The van der Waals surface area contributed by atoms with Crippen molar-refractivity contribution in [1.82, 2.24) is 39.2 Å². The van der Waals surface area contributed by atoms with E-state index in [4.69, 9.17) is 48.4 Å². The molecule has 0 unspecified atom stereocenters. The van der Waals surface area contributed by atoms with Gasteiger partial charge in [-0.05, 0) is 204 Å². The SMILES string of the molecule is CC[C@@H]1C[C@H](C)CC/C=C\[C@@H]2C[C@@]2(C(=O)NS(=O)(=O)C2CC2)CC(=O)[C@@H]2C[C@@H](Oc3nc4cc(OC)ccc4nc3C3CC3)CN2C(=O)[C@H]1CC(=O)OC(C)(C)C.CC[C@@H]1C[C@H](C)CC/C=C\[C@@H]2C[C@@]2(C(=O)NS(=O)(=O)C2CC2)CC(=O)[C@@H]2C[C@@H](Oc3nc4ccc(OC)cc4nc3C3CC3)CN2C(=O)[C@H]1CC(=O)OC(C)(C)C. The van der Waals surface area contributed by atoms with E-state index in [0.717, 1.165) is 62.8 Å². The quantitative estimate of drug-likeness (QED) is 0.0613. The van der Waals surface area contributed by atoms with Gasteiger partial charge in [0.05, 0.1) is 107 Å². The molecule has 26 nitrogen and oxygen atoms in total. The first-order valence-corrected chi connectivity index (χ1v) is 44.7. The molecule has 2 N–H and O–H groups in total. The second-order valence-corrected chi connectivity index (χ2v) is 40.4. The Balaban J connectivity index is 0.000000199. The second kappa shape index (κ2) is 33.5. The van der Waals surface area contributed by atoms with E-state index in [-0.39, 0.29) is 122 Å². The van der Waals surface area contributed by atoms with Gasteiger partial charge in [-0.1, -0.05) is 64.8 Å². The van der Waals surface area contributed by atoms with Crippen LogP contribution in [0.3, 0.4) is 0 Å². The van der Waals surface area contributed by atoms with Gasteiger partial charge in [-0.25, -0.2) is 36.8 Å². The van der Waals surface area contributed by atoms with E-state index in [0.29, 0.717) is 110 Å². The third-order valence-corrected chi connectivity index (χ3v) is 28.5. The van der Waals surface area contributed by atoms with Crippen LogP contribution in [0.1, 0.15) is 247 Å². The highest BCUT2D eigenvalue weighted by Gasteiger charge is 2.64. The maximum Gasteiger partial charge on any atom is 0.307 e. The molecular weight excluding hydrogens is 1500 g/mol. The summed E-state index contributed by atoms with van der Waals surface area (Å²) in [5.74, 6) is -3.28. The van der Waals surface area contributed by atoms with E-state index in [2.05, 4.69) is 23.3 Å². The number of benzene rings is 2. The number of carbonyl (C=O) groups excluding carboxylic acids is 8. The van der Waals surface area contributed by atoms with Crippen LogP contribution in [0.4, 0.5) is 0 Å². The number of allylic oxidation sites excluding steroid dienone is 4. The highest BCUT2D eigenvalue weighted by molar-refractivity contribution is 7.91. The highest BCUT2D eigenvalue weighted by atomic mass is 32.2. The monoisotopic (exact) mass is 1610 g/mol. The topological polar surface area (TPSA) is 342 Å². The average Bonchev–Trinajstić information content (AvgIpc) is 1.57. The minimum absolute atomic E-state index is 0.0621. The van der Waals surface area contributed by atoms with Crippen LogP contribution >= 0.6 is 0 Å². The van der Waals surface area contributed by atoms with Crippen LogP contribution in [-0.4, -0.2) is 167 Å². The van der Waals surface area contributed by atoms with Gasteiger partial charge in [0, 0.05) is 49.7 Å². The molecule has 6 aliphatic carbocycles. The van der Waals surface area contributed by atoms with Crippen LogP contribution in [0, 0.1) is 58.2 Å². The number of amides is 4. The molecule has 14 rings (SSSR count). The normalized spacial score (nSPS) is 30.4. The number of esters is 2. The number of fused-ring (bicyclic) bond motifs is 6. The van der Waals surface area contributed by atoms with Crippen molar-refractivity contribution >= 4 is 89.2 Å². The lowest BCUT2D eigenvalue weighted by molar-refractivity contribution is -0.160. The van der Waals surface area contributed by atoms with Gasteiger partial charge in [-0.15, -0.1) is 0 Å².